The van der Waals surface area contributed by atoms with E-state index in [2.05, 4.69) is 43.6 Å². The summed E-state index contributed by atoms with van der Waals surface area (Å²) in [6.07, 6.45) is 0.597. The van der Waals surface area contributed by atoms with E-state index < -0.39 is 0 Å². The van der Waals surface area contributed by atoms with E-state index in [1.807, 2.05) is 0 Å². The third kappa shape index (κ3) is 4.80. The minimum absolute atomic E-state index is 0.142. The molecule has 1 amide bonds. The Kier molecular flexibility index (Phi) is 6.21. The van der Waals surface area contributed by atoms with Gasteiger partial charge in [-0.25, -0.2) is 0 Å². The molecule has 0 radical (unpaired) electrons. The van der Waals surface area contributed by atoms with Crippen LogP contribution in [0.25, 0.3) is 0 Å². The number of rotatable bonds is 6. The number of morpholine rings is 1. The van der Waals surface area contributed by atoms with Crippen LogP contribution in [0.3, 0.4) is 0 Å². The van der Waals surface area contributed by atoms with E-state index in [1.54, 1.807) is 11.3 Å². The summed E-state index contributed by atoms with van der Waals surface area (Å²) < 4.78 is 5.48. The van der Waals surface area contributed by atoms with Crippen LogP contribution in [-0.2, 0) is 9.53 Å². The van der Waals surface area contributed by atoms with Gasteiger partial charge in [-0.15, -0.1) is 11.3 Å². The van der Waals surface area contributed by atoms with Gasteiger partial charge in [0.05, 0.1) is 24.1 Å². The largest absolute Gasteiger partial charge is 0.370 e. The topological polar surface area (TPSA) is 42.8 Å². The first-order valence-corrected chi connectivity index (χ1v) is 8.71. The molecule has 2 N–H and O–H groups in total. The highest BCUT2D eigenvalue weighted by molar-refractivity contribution is 7.10. The number of nitrogens with one attached hydrogen (secondary N) is 2. The molecule has 1 aromatic rings. The molecule has 5 heteroatoms. The molecular formula is C16H27N2O2S+. The van der Waals surface area contributed by atoms with Crippen molar-refractivity contribution in [1.29, 1.82) is 0 Å². The number of amides is 1. The maximum absolute atomic E-state index is 12.1. The van der Waals surface area contributed by atoms with Crippen LogP contribution >= 0.6 is 11.3 Å². The first-order valence-electron chi connectivity index (χ1n) is 7.83. The van der Waals surface area contributed by atoms with E-state index in [0.29, 0.717) is 18.4 Å². The molecule has 118 valence electrons. The molecule has 1 aliphatic heterocycles. The first-order chi connectivity index (χ1) is 10.1. The second-order valence-electron chi connectivity index (χ2n) is 6.22. The molecule has 1 aromatic heterocycles. The number of ether oxygens (including phenoxy) is 1. The Balaban J connectivity index is 2.05. The number of hydrogen-bond acceptors (Lipinski definition) is 3. The number of carbonyl (C=O) groups excluding carboxylic acids is 1. The second-order valence-corrected chi connectivity index (χ2v) is 7.20. The van der Waals surface area contributed by atoms with Crippen molar-refractivity contribution in [3.05, 3.63) is 22.4 Å². The molecule has 2 rings (SSSR count). The van der Waals surface area contributed by atoms with E-state index >= 15 is 0 Å². The Morgan fingerprint density at radius 3 is 2.67 bits per heavy atom. The lowest BCUT2D eigenvalue weighted by Crippen LogP contribution is -3.15. The van der Waals surface area contributed by atoms with Crippen molar-refractivity contribution in [3.63, 3.8) is 0 Å². The van der Waals surface area contributed by atoms with E-state index in [-0.39, 0.29) is 11.9 Å². The summed E-state index contributed by atoms with van der Waals surface area (Å²) in [6.45, 7) is 9.92. The summed E-state index contributed by atoms with van der Waals surface area (Å²) in [7, 11) is 0. The van der Waals surface area contributed by atoms with Crippen LogP contribution in [0.2, 0.25) is 0 Å². The van der Waals surface area contributed by atoms with Gasteiger partial charge in [-0.3, -0.25) is 4.79 Å². The maximum Gasteiger partial charge on any atom is 0.220 e. The van der Waals surface area contributed by atoms with Gasteiger partial charge in [-0.1, -0.05) is 19.9 Å². The Morgan fingerprint density at radius 1 is 1.38 bits per heavy atom. The van der Waals surface area contributed by atoms with Crippen LogP contribution < -0.4 is 10.2 Å². The fourth-order valence-corrected chi connectivity index (χ4v) is 3.97. The highest BCUT2D eigenvalue weighted by atomic mass is 32.1. The zero-order valence-corrected chi connectivity index (χ0v) is 14.0. The minimum atomic E-state index is 0.142. The van der Waals surface area contributed by atoms with Crippen LogP contribution in [-0.4, -0.2) is 38.3 Å². The molecule has 0 aliphatic carbocycles. The van der Waals surface area contributed by atoms with Gasteiger partial charge < -0.3 is 15.0 Å². The summed E-state index contributed by atoms with van der Waals surface area (Å²) in [4.78, 5) is 14.9. The van der Waals surface area contributed by atoms with Gasteiger partial charge >= 0.3 is 0 Å². The summed E-state index contributed by atoms with van der Waals surface area (Å²) in [5, 5.41) is 5.32. The molecule has 2 heterocycles. The fraction of sp³-hybridized carbons (Fsp3) is 0.688. The molecule has 1 fully saturated rings. The molecule has 0 saturated carbocycles. The van der Waals surface area contributed by atoms with Crippen molar-refractivity contribution in [3.8, 4) is 0 Å². The zero-order chi connectivity index (χ0) is 15.2. The van der Waals surface area contributed by atoms with Crippen LogP contribution in [0.4, 0.5) is 0 Å². The van der Waals surface area contributed by atoms with E-state index in [0.717, 1.165) is 26.3 Å². The van der Waals surface area contributed by atoms with Crippen molar-refractivity contribution in [2.45, 2.75) is 39.3 Å². The Bertz CT molecular complexity index is 427. The fourth-order valence-electron chi connectivity index (χ4n) is 2.98. The molecule has 0 unspecified atom stereocenters. The standard InChI is InChI=1S/C16H26N2O2S/c1-12(2)11-15(19)17-13(3)16(14-5-4-10-21-14)18-6-8-20-9-7-18/h4-5,10,12-13,16H,6-9,11H2,1-3H3,(H,17,19)/p+1/t13-,16-/m1/s1. The summed E-state index contributed by atoms with van der Waals surface area (Å²) in [6, 6.07) is 4.74. The van der Waals surface area contributed by atoms with Crippen molar-refractivity contribution in [1.82, 2.24) is 5.32 Å². The van der Waals surface area contributed by atoms with Gasteiger partial charge in [0.1, 0.15) is 19.1 Å². The predicted molar refractivity (Wildman–Crippen MR) is 85.6 cm³/mol. The molecule has 0 spiro atoms. The second kappa shape index (κ2) is 7.92. The van der Waals surface area contributed by atoms with E-state index in [4.69, 9.17) is 4.74 Å². The molecule has 2 atom stereocenters. The van der Waals surface area contributed by atoms with Crippen LogP contribution in [0.5, 0.6) is 0 Å². The smallest absolute Gasteiger partial charge is 0.220 e. The van der Waals surface area contributed by atoms with Gasteiger partial charge in [0.15, 0.2) is 0 Å². The summed E-state index contributed by atoms with van der Waals surface area (Å²) >= 11 is 1.78. The van der Waals surface area contributed by atoms with Gasteiger partial charge in [0, 0.05) is 6.42 Å². The normalized spacial score (nSPS) is 19.4. The van der Waals surface area contributed by atoms with Gasteiger partial charge in [0.2, 0.25) is 5.91 Å². The third-order valence-electron chi connectivity index (χ3n) is 3.91. The van der Waals surface area contributed by atoms with Crippen LogP contribution in [0.15, 0.2) is 17.5 Å². The number of hydrogen-bond donors (Lipinski definition) is 2. The average Bonchev–Trinajstić information content (AvgIpc) is 2.92. The number of carbonyl (C=O) groups is 1. The van der Waals surface area contributed by atoms with Crippen molar-refractivity contribution >= 4 is 17.2 Å². The van der Waals surface area contributed by atoms with Gasteiger partial charge in [-0.2, -0.15) is 0 Å². The highest BCUT2D eigenvalue weighted by Gasteiger charge is 2.32. The molecule has 21 heavy (non-hydrogen) atoms. The lowest BCUT2D eigenvalue weighted by Gasteiger charge is -2.34. The van der Waals surface area contributed by atoms with E-state index in [9.17, 15) is 4.79 Å². The van der Waals surface area contributed by atoms with E-state index in [1.165, 1.54) is 9.78 Å². The molecule has 0 bridgehead atoms. The van der Waals surface area contributed by atoms with Crippen LogP contribution in [0, 0.1) is 5.92 Å². The number of quaternary nitrogens is 1. The summed E-state index contributed by atoms with van der Waals surface area (Å²) in [5.41, 5.74) is 0. The summed E-state index contributed by atoms with van der Waals surface area (Å²) in [5.74, 6) is 0.555. The first kappa shape index (κ1) is 16.5. The maximum atomic E-state index is 12.1. The SMILES string of the molecule is CC(C)CC(=O)N[C@H](C)[C@H](c1cccs1)[NH+]1CCOCC1. The molecule has 0 aromatic carbocycles. The molecule has 1 aliphatic rings. The Labute approximate surface area is 131 Å². The molecule has 4 nitrogen and oxygen atoms in total. The van der Waals surface area contributed by atoms with Gasteiger partial charge in [0.25, 0.3) is 0 Å². The van der Waals surface area contributed by atoms with Crippen molar-refractivity contribution in [2.24, 2.45) is 5.92 Å². The van der Waals surface area contributed by atoms with Gasteiger partial charge in [-0.05, 0) is 24.3 Å². The molecular weight excluding hydrogens is 284 g/mol. The Morgan fingerprint density at radius 2 is 2.10 bits per heavy atom. The zero-order valence-electron chi connectivity index (χ0n) is 13.2. The predicted octanol–water partition coefficient (Wildman–Crippen LogP) is 1.26. The van der Waals surface area contributed by atoms with Crippen molar-refractivity contribution in [2.75, 3.05) is 26.3 Å². The monoisotopic (exact) mass is 311 g/mol. The molecule has 1 saturated heterocycles. The number of thiophene rings is 1. The minimum Gasteiger partial charge on any atom is -0.370 e. The quantitative estimate of drug-likeness (QED) is 0.830. The third-order valence-corrected chi connectivity index (χ3v) is 4.86. The Hall–Kier alpha value is -0.910. The average molecular weight is 311 g/mol. The lowest BCUT2D eigenvalue weighted by molar-refractivity contribution is -0.939. The lowest BCUT2D eigenvalue weighted by atomic mass is 10.0. The highest BCUT2D eigenvalue weighted by Crippen LogP contribution is 2.20. The van der Waals surface area contributed by atoms with Crippen LogP contribution in [0.1, 0.15) is 38.1 Å². The van der Waals surface area contributed by atoms with Crippen molar-refractivity contribution < 1.29 is 14.4 Å².